The Hall–Kier alpha value is -0.0800. The molecule has 2 heteroatoms. The number of hydrogen-bond acceptors (Lipinski definition) is 2. The molecule has 4 unspecified atom stereocenters. The van der Waals surface area contributed by atoms with Crippen molar-refractivity contribution < 1.29 is 9.47 Å². The van der Waals surface area contributed by atoms with Crippen molar-refractivity contribution in [2.24, 2.45) is 29.6 Å². The lowest BCUT2D eigenvalue weighted by atomic mass is 9.69. The van der Waals surface area contributed by atoms with E-state index in [1.165, 1.54) is 25.7 Å². The fraction of sp³-hybridized carbons (Fsp3) is 1.00. The smallest absolute Gasteiger partial charge is 0.0654 e. The van der Waals surface area contributed by atoms with Gasteiger partial charge >= 0.3 is 0 Å². The molecule has 1 aliphatic carbocycles. The second kappa shape index (κ2) is 9.42. The number of hydrogen-bond donors (Lipinski definition) is 0. The molecule has 0 spiro atoms. The lowest BCUT2D eigenvalue weighted by Crippen LogP contribution is -2.45. The fourth-order valence-electron chi connectivity index (χ4n) is 3.71. The predicted octanol–water partition coefficient (Wildman–Crippen LogP) is 5.94. The monoisotopic (exact) mass is 326 g/mol. The molecule has 1 fully saturated rings. The van der Waals surface area contributed by atoms with E-state index in [4.69, 9.17) is 9.47 Å². The van der Waals surface area contributed by atoms with Gasteiger partial charge in [-0.05, 0) is 56.3 Å². The van der Waals surface area contributed by atoms with Crippen LogP contribution in [0.4, 0.5) is 0 Å². The van der Waals surface area contributed by atoms with Gasteiger partial charge in [0.15, 0.2) is 0 Å². The zero-order chi connectivity index (χ0) is 17.6. The molecule has 1 aliphatic rings. The molecule has 0 heterocycles. The summed E-state index contributed by atoms with van der Waals surface area (Å²) in [5, 5.41) is 0. The molecule has 1 rings (SSSR count). The third-order valence-corrected chi connectivity index (χ3v) is 6.12. The molecule has 4 atom stereocenters. The van der Waals surface area contributed by atoms with Crippen molar-refractivity contribution in [2.45, 2.75) is 92.8 Å². The van der Waals surface area contributed by atoms with Crippen molar-refractivity contribution in [2.75, 3.05) is 13.2 Å². The second-order valence-corrected chi connectivity index (χ2v) is 8.86. The van der Waals surface area contributed by atoms with E-state index in [9.17, 15) is 0 Å². The van der Waals surface area contributed by atoms with Gasteiger partial charge in [-0.2, -0.15) is 0 Å². The predicted molar refractivity (Wildman–Crippen MR) is 99.7 cm³/mol. The molecule has 0 aromatic heterocycles. The van der Waals surface area contributed by atoms with Gasteiger partial charge in [-0.25, -0.2) is 0 Å². The van der Waals surface area contributed by atoms with Crippen molar-refractivity contribution in [1.82, 2.24) is 0 Å². The van der Waals surface area contributed by atoms with Gasteiger partial charge in [-0.3, -0.25) is 0 Å². The van der Waals surface area contributed by atoms with Crippen molar-refractivity contribution >= 4 is 0 Å². The van der Waals surface area contributed by atoms with E-state index in [1.54, 1.807) is 0 Å². The van der Waals surface area contributed by atoms with Crippen molar-refractivity contribution in [1.29, 1.82) is 0 Å². The lowest BCUT2D eigenvalue weighted by molar-refractivity contribution is -0.124. The molecule has 0 aromatic rings. The molecule has 138 valence electrons. The third-order valence-electron chi connectivity index (χ3n) is 6.12. The Labute approximate surface area is 145 Å². The van der Waals surface area contributed by atoms with Gasteiger partial charge in [0.25, 0.3) is 0 Å². The first-order chi connectivity index (χ1) is 10.7. The van der Waals surface area contributed by atoms with Crippen molar-refractivity contribution in [3.05, 3.63) is 0 Å². The van der Waals surface area contributed by atoms with Crippen LogP contribution in [0.3, 0.4) is 0 Å². The van der Waals surface area contributed by atoms with Crippen LogP contribution in [-0.2, 0) is 9.47 Å². The van der Waals surface area contributed by atoms with E-state index in [0.717, 1.165) is 13.2 Å². The summed E-state index contributed by atoms with van der Waals surface area (Å²) >= 11 is 0. The maximum atomic E-state index is 6.33. The summed E-state index contributed by atoms with van der Waals surface area (Å²) in [6, 6.07) is 0. The maximum Gasteiger partial charge on any atom is 0.0654 e. The summed E-state index contributed by atoms with van der Waals surface area (Å²) in [7, 11) is 0. The van der Waals surface area contributed by atoms with Crippen molar-refractivity contribution in [3.8, 4) is 0 Å². The van der Waals surface area contributed by atoms with E-state index < -0.39 is 0 Å². The molecule has 0 saturated heterocycles. The van der Waals surface area contributed by atoms with Crippen LogP contribution >= 0.6 is 0 Å². The summed E-state index contributed by atoms with van der Waals surface area (Å²) in [4.78, 5) is 0. The minimum atomic E-state index is -0.0202. The topological polar surface area (TPSA) is 18.5 Å². The Morgan fingerprint density at radius 1 is 0.913 bits per heavy atom. The Kier molecular flexibility index (Phi) is 8.58. The highest BCUT2D eigenvalue weighted by molar-refractivity contribution is 4.91. The largest absolute Gasteiger partial charge is 0.377 e. The molecule has 0 bridgehead atoms. The average Bonchev–Trinajstić information content (AvgIpc) is 2.51. The third kappa shape index (κ3) is 6.38. The summed E-state index contributed by atoms with van der Waals surface area (Å²) in [5.41, 5.74) is -0.0202. The van der Waals surface area contributed by atoms with Gasteiger partial charge in [-0.15, -0.1) is 0 Å². The first kappa shape index (κ1) is 21.0. The SMILES string of the molecule is CCC(C)COC1C(C)CC(C(C)(C)OCC(C)CC)CC1C. The average molecular weight is 327 g/mol. The van der Waals surface area contributed by atoms with E-state index in [0.29, 0.717) is 35.7 Å². The van der Waals surface area contributed by atoms with Crippen LogP contribution in [0, 0.1) is 29.6 Å². The van der Waals surface area contributed by atoms with E-state index in [2.05, 4.69) is 55.4 Å². The van der Waals surface area contributed by atoms with Crippen LogP contribution in [0.25, 0.3) is 0 Å². The first-order valence-corrected chi connectivity index (χ1v) is 9.96. The van der Waals surface area contributed by atoms with Crippen LogP contribution in [0.1, 0.15) is 81.1 Å². The quantitative estimate of drug-likeness (QED) is 0.522. The Morgan fingerprint density at radius 3 is 1.87 bits per heavy atom. The van der Waals surface area contributed by atoms with Crippen molar-refractivity contribution in [3.63, 3.8) is 0 Å². The molecule has 0 radical (unpaired) electrons. The molecule has 0 aliphatic heterocycles. The standard InChI is InChI=1S/C21H42O2/c1-9-15(3)13-22-20-17(5)11-19(12-18(20)6)21(7,8)23-14-16(4)10-2/h15-20H,9-14H2,1-8H3. The molecular weight excluding hydrogens is 284 g/mol. The highest BCUT2D eigenvalue weighted by atomic mass is 16.5. The second-order valence-electron chi connectivity index (χ2n) is 8.86. The van der Waals surface area contributed by atoms with Crippen LogP contribution in [0.15, 0.2) is 0 Å². The Balaban J connectivity index is 2.56. The minimum absolute atomic E-state index is 0.0202. The summed E-state index contributed by atoms with van der Waals surface area (Å²) in [6.45, 7) is 20.2. The molecule has 0 aromatic carbocycles. The summed E-state index contributed by atoms with van der Waals surface area (Å²) in [6.07, 6.45) is 5.27. The molecule has 23 heavy (non-hydrogen) atoms. The normalized spacial score (nSPS) is 31.8. The Morgan fingerprint density at radius 2 is 1.39 bits per heavy atom. The first-order valence-electron chi connectivity index (χ1n) is 9.96. The lowest BCUT2D eigenvalue weighted by Gasteiger charge is -2.45. The maximum absolute atomic E-state index is 6.33. The zero-order valence-corrected chi connectivity index (χ0v) is 17.0. The molecular formula is C21H42O2. The summed E-state index contributed by atoms with van der Waals surface area (Å²) < 4.78 is 12.6. The molecule has 0 amide bonds. The number of rotatable bonds is 9. The van der Waals surface area contributed by atoms with Gasteiger partial charge in [-0.1, -0.05) is 54.4 Å². The fourth-order valence-corrected chi connectivity index (χ4v) is 3.71. The zero-order valence-electron chi connectivity index (χ0n) is 17.0. The minimum Gasteiger partial charge on any atom is -0.377 e. The highest BCUT2D eigenvalue weighted by Crippen LogP contribution is 2.42. The van der Waals surface area contributed by atoms with Crippen LogP contribution in [-0.4, -0.2) is 24.9 Å². The van der Waals surface area contributed by atoms with Gasteiger partial charge < -0.3 is 9.47 Å². The van der Waals surface area contributed by atoms with Crippen LogP contribution in [0.5, 0.6) is 0 Å². The highest BCUT2D eigenvalue weighted by Gasteiger charge is 2.41. The summed E-state index contributed by atoms with van der Waals surface area (Å²) in [5.74, 6) is 3.21. The Bertz CT molecular complexity index is 314. The number of ether oxygens (including phenoxy) is 2. The van der Waals surface area contributed by atoms with Gasteiger partial charge in [0.1, 0.15) is 0 Å². The van der Waals surface area contributed by atoms with Crippen LogP contribution in [0.2, 0.25) is 0 Å². The van der Waals surface area contributed by atoms with Gasteiger partial charge in [0, 0.05) is 13.2 Å². The molecule has 1 saturated carbocycles. The van der Waals surface area contributed by atoms with Gasteiger partial charge in [0.2, 0.25) is 0 Å². The van der Waals surface area contributed by atoms with E-state index >= 15 is 0 Å². The van der Waals surface area contributed by atoms with E-state index in [1.807, 2.05) is 0 Å². The van der Waals surface area contributed by atoms with Gasteiger partial charge in [0.05, 0.1) is 11.7 Å². The van der Waals surface area contributed by atoms with E-state index in [-0.39, 0.29) is 5.60 Å². The molecule has 2 nitrogen and oxygen atoms in total. The molecule has 0 N–H and O–H groups in total. The van der Waals surface area contributed by atoms with Crippen LogP contribution < -0.4 is 0 Å².